The Labute approximate surface area is 135 Å². The maximum absolute atomic E-state index is 11.8. The number of phenolic OH excluding ortho intramolecular Hbond substituents is 1. The normalized spacial score (nSPS) is 10.7. The molecule has 2 rings (SSSR count). The molecule has 0 aromatic heterocycles. The number of ether oxygens (including phenoxy) is 1. The number of aryl methyl sites for hydroxylation is 3. The maximum atomic E-state index is 11.8. The Hall–Kier alpha value is -2.82. The molecular weight excluding hydrogens is 292 g/mol. The highest BCUT2D eigenvalue weighted by Crippen LogP contribution is 2.22. The average molecular weight is 312 g/mol. The van der Waals surface area contributed by atoms with Gasteiger partial charge in [-0.05, 0) is 49.6 Å². The third kappa shape index (κ3) is 4.57. The molecule has 2 aromatic rings. The first-order valence-corrected chi connectivity index (χ1v) is 7.28. The lowest BCUT2D eigenvalue weighted by atomic mass is 10.1. The first-order valence-electron chi connectivity index (χ1n) is 7.28. The van der Waals surface area contributed by atoms with Crippen molar-refractivity contribution in [1.29, 1.82) is 0 Å². The molecule has 23 heavy (non-hydrogen) atoms. The van der Waals surface area contributed by atoms with Crippen LogP contribution in [-0.2, 0) is 4.79 Å². The van der Waals surface area contributed by atoms with Gasteiger partial charge in [0.15, 0.2) is 6.61 Å². The molecule has 1 amide bonds. The van der Waals surface area contributed by atoms with Crippen LogP contribution in [0.25, 0.3) is 0 Å². The van der Waals surface area contributed by atoms with Gasteiger partial charge in [0.2, 0.25) is 0 Å². The summed E-state index contributed by atoms with van der Waals surface area (Å²) in [6, 6.07) is 11.0. The first kappa shape index (κ1) is 16.5. The van der Waals surface area contributed by atoms with Crippen molar-refractivity contribution in [2.24, 2.45) is 5.10 Å². The minimum Gasteiger partial charge on any atom is -0.507 e. The third-order valence-corrected chi connectivity index (χ3v) is 3.34. The fraction of sp³-hybridized carbons (Fsp3) is 0.222. The van der Waals surface area contributed by atoms with Crippen LogP contribution in [0, 0.1) is 20.8 Å². The van der Waals surface area contributed by atoms with E-state index < -0.39 is 0 Å². The summed E-state index contributed by atoms with van der Waals surface area (Å²) in [5, 5.41) is 13.6. The minimum atomic E-state index is -0.365. The summed E-state index contributed by atoms with van der Waals surface area (Å²) < 4.78 is 5.54. The fourth-order valence-corrected chi connectivity index (χ4v) is 2.13. The maximum Gasteiger partial charge on any atom is 0.277 e. The second-order valence-electron chi connectivity index (χ2n) is 5.37. The number of carbonyl (C=O) groups excluding carboxylic acids is 1. The Morgan fingerprint density at radius 1 is 1.22 bits per heavy atom. The summed E-state index contributed by atoms with van der Waals surface area (Å²) in [7, 11) is 0. The summed E-state index contributed by atoms with van der Waals surface area (Å²) in [4.78, 5) is 11.8. The van der Waals surface area contributed by atoms with E-state index in [2.05, 4.69) is 10.5 Å². The largest absolute Gasteiger partial charge is 0.507 e. The van der Waals surface area contributed by atoms with E-state index in [4.69, 9.17) is 4.74 Å². The van der Waals surface area contributed by atoms with Crippen LogP contribution in [0.2, 0.25) is 0 Å². The van der Waals surface area contributed by atoms with Gasteiger partial charge in [-0.25, -0.2) is 5.43 Å². The van der Waals surface area contributed by atoms with Crippen LogP contribution >= 0.6 is 0 Å². The number of aromatic hydroxyl groups is 1. The summed E-state index contributed by atoms with van der Waals surface area (Å²) in [6.45, 7) is 5.62. The molecular formula is C18H20N2O3. The summed E-state index contributed by atoms with van der Waals surface area (Å²) in [5.41, 5.74) is 5.82. The van der Waals surface area contributed by atoms with Crippen LogP contribution < -0.4 is 10.2 Å². The molecule has 0 spiro atoms. The molecule has 2 N–H and O–H groups in total. The zero-order chi connectivity index (χ0) is 16.8. The number of hydrogen-bond acceptors (Lipinski definition) is 4. The fourth-order valence-electron chi connectivity index (χ4n) is 2.13. The van der Waals surface area contributed by atoms with E-state index in [0.717, 1.165) is 16.7 Å². The van der Waals surface area contributed by atoms with E-state index in [-0.39, 0.29) is 18.3 Å². The number of phenols is 1. The van der Waals surface area contributed by atoms with Crippen molar-refractivity contribution in [3.05, 3.63) is 58.7 Å². The molecule has 5 nitrogen and oxygen atoms in total. The SMILES string of the molecule is Cc1ccc(C=NNC(=O)COc2c(C)cccc2C)c(O)c1. The van der Waals surface area contributed by atoms with Gasteiger partial charge in [-0.2, -0.15) is 5.10 Å². The Balaban J connectivity index is 1.89. The minimum absolute atomic E-state index is 0.120. The van der Waals surface area contributed by atoms with E-state index >= 15 is 0 Å². The molecule has 120 valence electrons. The number of hydrazone groups is 1. The lowest BCUT2D eigenvalue weighted by Crippen LogP contribution is -2.25. The number of nitrogens with zero attached hydrogens (tertiary/aromatic N) is 1. The molecule has 0 saturated carbocycles. The number of nitrogens with one attached hydrogen (secondary N) is 1. The quantitative estimate of drug-likeness (QED) is 0.659. The second-order valence-corrected chi connectivity index (χ2v) is 5.37. The Bertz CT molecular complexity index is 719. The molecule has 0 unspecified atom stereocenters. The van der Waals surface area contributed by atoms with Crippen molar-refractivity contribution < 1.29 is 14.6 Å². The zero-order valence-corrected chi connectivity index (χ0v) is 13.5. The molecule has 0 radical (unpaired) electrons. The monoisotopic (exact) mass is 312 g/mol. The molecule has 0 atom stereocenters. The van der Waals surface area contributed by atoms with Gasteiger partial charge in [0.05, 0.1) is 6.21 Å². The standard InChI is InChI=1S/C18H20N2O3/c1-12-7-8-15(16(21)9-12)10-19-20-17(22)11-23-18-13(2)5-4-6-14(18)3/h4-10,21H,11H2,1-3H3,(H,20,22). The Morgan fingerprint density at radius 2 is 1.91 bits per heavy atom. The molecule has 0 aliphatic rings. The van der Waals surface area contributed by atoms with Gasteiger partial charge in [0, 0.05) is 5.56 Å². The van der Waals surface area contributed by atoms with E-state index in [9.17, 15) is 9.90 Å². The van der Waals surface area contributed by atoms with Gasteiger partial charge in [-0.15, -0.1) is 0 Å². The lowest BCUT2D eigenvalue weighted by Gasteiger charge is -2.10. The second kappa shape index (κ2) is 7.45. The van der Waals surface area contributed by atoms with Crippen molar-refractivity contribution in [2.75, 3.05) is 6.61 Å². The third-order valence-electron chi connectivity index (χ3n) is 3.34. The summed E-state index contributed by atoms with van der Waals surface area (Å²) in [5.74, 6) is 0.466. The molecule has 0 heterocycles. The number of carbonyl (C=O) groups is 1. The van der Waals surface area contributed by atoms with Crippen molar-refractivity contribution in [2.45, 2.75) is 20.8 Å². The highest BCUT2D eigenvalue weighted by molar-refractivity contribution is 5.85. The van der Waals surface area contributed by atoms with Gasteiger partial charge in [0.1, 0.15) is 11.5 Å². The number of para-hydroxylation sites is 1. The number of amides is 1. The van der Waals surface area contributed by atoms with Crippen LogP contribution in [0.3, 0.4) is 0 Å². The van der Waals surface area contributed by atoms with E-state index in [1.165, 1.54) is 6.21 Å². The van der Waals surface area contributed by atoms with E-state index in [1.807, 2.05) is 45.0 Å². The van der Waals surface area contributed by atoms with Crippen molar-refractivity contribution in [3.63, 3.8) is 0 Å². The molecule has 2 aromatic carbocycles. The number of hydrogen-bond donors (Lipinski definition) is 2. The molecule has 0 aliphatic heterocycles. The Morgan fingerprint density at radius 3 is 2.57 bits per heavy atom. The van der Waals surface area contributed by atoms with E-state index in [1.54, 1.807) is 12.1 Å². The summed E-state index contributed by atoms with van der Waals surface area (Å²) in [6.07, 6.45) is 1.39. The lowest BCUT2D eigenvalue weighted by molar-refractivity contribution is -0.123. The topological polar surface area (TPSA) is 70.9 Å². The summed E-state index contributed by atoms with van der Waals surface area (Å²) >= 11 is 0. The van der Waals surface area contributed by atoms with Crippen LogP contribution in [-0.4, -0.2) is 23.8 Å². The molecule has 0 bridgehead atoms. The van der Waals surface area contributed by atoms with Gasteiger partial charge in [-0.3, -0.25) is 4.79 Å². The highest BCUT2D eigenvalue weighted by atomic mass is 16.5. The van der Waals surface area contributed by atoms with Crippen molar-refractivity contribution in [1.82, 2.24) is 5.43 Å². The van der Waals surface area contributed by atoms with Gasteiger partial charge >= 0.3 is 0 Å². The predicted octanol–water partition coefficient (Wildman–Crippen LogP) is 2.85. The van der Waals surface area contributed by atoms with E-state index in [0.29, 0.717) is 11.3 Å². The Kier molecular flexibility index (Phi) is 5.36. The van der Waals surface area contributed by atoms with Crippen molar-refractivity contribution >= 4 is 12.1 Å². The smallest absolute Gasteiger partial charge is 0.277 e. The first-order chi connectivity index (χ1) is 11.0. The zero-order valence-electron chi connectivity index (χ0n) is 13.5. The van der Waals surface area contributed by atoms with Crippen molar-refractivity contribution in [3.8, 4) is 11.5 Å². The van der Waals surface area contributed by atoms with Crippen LogP contribution in [0.5, 0.6) is 11.5 Å². The van der Waals surface area contributed by atoms with Crippen LogP contribution in [0.15, 0.2) is 41.5 Å². The molecule has 0 saturated heterocycles. The predicted molar refractivity (Wildman–Crippen MR) is 90.0 cm³/mol. The van der Waals surface area contributed by atoms with Crippen LogP contribution in [0.4, 0.5) is 0 Å². The number of rotatable bonds is 5. The highest BCUT2D eigenvalue weighted by Gasteiger charge is 2.06. The molecule has 0 fully saturated rings. The molecule has 0 aliphatic carbocycles. The van der Waals surface area contributed by atoms with Crippen LogP contribution in [0.1, 0.15) is 22.3 Å². The van der Waals surface area contributed by atoms with Gasteiger partial charge in [-0.1, -0.05) is 24.3 Å². The van der Waals surface area contributed by atoms with Gasteiger partial charge in [0.25, 0.3) is 5.91 Å². The number of benzene rings is 2. The van der Waals surface area contributed by atoms with Gasteiger partial charge < -0.3 is 9.84 Å². The average Bonchev–Trinajstić information content (AvgIpc) is 2.49. The molecule has 5 heteroatoms.